The summed E-state index contributed by atoms with van der Waals surface area (Å²) in [5.41, 5.74) is 1.64. The van der Waals surface area contributed by atoms with Crippen LogP contribution in [0.25, 0.3) is 0 Å². The second-order valence-electron chi connectivity index (χ2n) is 4.42. The van der Waals surface area contributed by atoms with Crippen molar-refractivity contribution in [3.05, 3.63) is 31.3 Å². The minimum absolute atomic E-state index is 0.221. The van der Waals surface area contributed by atoms with E-state index < -0.39 is 0 Å². The average Bonchev–Trinajstić information content (AvgIpc) is 2.50. The molecule has 1 aromatic rings. The van der Waals surface area contributed by atoms with Gasteiger partial charge in [-0.25, -0.2) is 4.79 Å². The number of esters is 1. The zero-order chi connectivity index (χ0) is 16.4. The smallest absolute Gasteiger partial charge is 0.338 e. The molecule has 0 saturated carbocycles. The third-order valence-corrected chi connectivity index (χ3v) is 4.73. The first kappa shape index (κ1) is 19.8. The average molecular weight is 487 g/mol. The van der Waals surface area contributed by atoms with Crippen molar-refractivity contribution < 1.29 is 23.7 Å². The van der Waals surface area contributed by atoms with Crippen molar-refractivity contribution in [1.82, 2.24) is 0 Å². The van der Waals surface area contributed by atoms with Crippen molar-refractivity contribution in [3.63, 3.8) is 0 Å². The zero-order valence-electron chi connectivity index (χ0n) is 12.7. The number of carbonyl (C=O) groups excluding carboxylic acids is 1. The van der Waals surface area contributed by atoms with Crippen molar-refractivity contribution in [2.75, 3.05) is 46.8 Å². The van der Waals surface area contributed by atoms with Crippen LogP contribution in [-0.4, -0.2) is 52.7 Å². The standard InChI is InChI=1S/C15H20BrIO5/c1-11-13(16)9-12(10-14(11)17)15(18)22-8-7-21-6-5-20-4-3-19-2/h9-10H,3-8H2,1-2H3. The van der Waals surface area contributed by atoms with Gasteiger partial charge in [-0.1, -0.05) is 15.9 Å². The van der Waals surface area contributed by atoms with Crippen LogP contribution < -0.4 is 0 Å². The summed E-state index contributed by atoms with van der Waals surface area (Å²) in [6.45, 7) is 4.65. The molecule has 22 heavy (non-hydrogen) atoms. The highest BCUT2D eigenvalue weighted by Gasteiger charge is 2.11. The Labute approximate surface area is 152 Å². The summed E-state index contributed by atoms with van der Waals surface area (Å²) in [6, 6.07) is 3.58. The topological polar surface area (TPSA) is 54.0 Å². The highest BCUT2D eigenvalue weighted by atomic mass is 127. The molecule has 0 bridgehead atoms. The van der Waals surface area contributed by atoms with E-state index in [9.17, 15) is 4.79 Å². The Morgan fingerprint density at radius 1 is 1.09 bits per heavy atom. The summed E-state index contributed by atoms with van der Waals surface area (Å²) in [6.07, 6.45) is 0. The summed E-state index contributed by atoms with van der Waals surface area (Å²) in [4.78, 5) is 11.9. The van der Waals surface area contributed by atoms with Crippen LogP contribution in [0.4, 0.5) is 0 Å². The first-order valence-corrected chi connectivity index (χ1v) is 8.70. The molecule has 0 N–H and O–H groups in total. The summed E-state index contributed by atoms with van der Waals surface area (Å²) < 4.78 is 22.5. The van der Waals surface area contributed by atoms with Crippen LogP contribution in [0.2, 0.25) is 0 Å². The van der Waals surface area contributed by atoms with Gasteiger partial charge < -0.3 is 18.9 Å². The van der Waals surface area contributed by atoms with Crippen molar-refractivity contribution in [2.45, 2.75) is 6.92 Å². The van der Waals surface area contributed by atoms with Crippen LogP contribution in [0.1, 0.15) is 15.9 Å². The molecule has 0 atom stereocenters. The molecule has 0 amide bonds. The Hall–Kier alpha value is -0.220. The molecule has 0 fully saturated rings. The Balaban J connectivity index is 2.19. The lowest BCUT2D eigenvalue weighted by molar-refractivity contribution is 0.00570. The van der Waals surface area contributed by atoms with Crippen molar-refractivity contribution in [1.29, 1.82) is 0 Å². The fourth-order valence-electron chi connectivity index (χ4n) is 1.50. The summed E-state index contributed by atoms with van der Waals surface area (Å²) in [5.74, 6) is -0.349. The molecule has 5 nitrogen and oxygen atoms in total. The number of benzene rings is 1. The molecule has 0 aliphatic heterocycles. The molecular formula is C15H20BrIO5. The van der Waals surface area contributed by atoms with E-state index in [-0.39, 0.29) is 12.6 Å². The minimum Gasteiger partial charge on any atom is -0.460 e. The number of methoxy groups -OCH3 is 1. The van der Waals surface area contributed by atoms with E-state index in [1.807, 2.05) is 13.0 Å². The van der Waals surface area contributed by atoms with E-state index in [1.54, 1.807) is 13.2 Å². The first-order chi connectivity index (χ1) is 10.6. The molecule has 0 radical (unpaired) electrons. The molecule has 7 heteroatoms. The maximum absolute atomic E-state index is 11.9. The third-order valence-electron chi connectivity index (χ3n) is 2.78. The van der Waals surface area contributed by atoms with Crippen LogP contribution in [0.15, 0.2) is 16.6 Å². The Morgan fingerprint density at radius 3 is 2.27 bits per heavy atom. The molecule has 0 aliphatic carbocycles. The van der Waals surface area contributed by atoms with E-state index in [0.29, 0.717) is 38.6 Å². The molecule has 0 spiro atoms. The Bertz CT molecular complexity index is 458. The lowest BCUT2D eigenvalue weighted by atomic mass is 10.1. The Morgan fingerprint density at radius 2 is 1.68 bits per heavy atom. The number of hydrogen-bond donors (Lipinski definition) is 0. The Kier molecular flexibility index (Phi) is 10.2. The van der Waals surface area contributed by atoms with E-state index in [4.69, 9.17) is 18.9 Å². The van der Waals surface area contributed by atoms with Crippen LogP contribution in [0, 0.1) is 10.5 Å². The molecule has 0 heterocycles. The first-order valence-electron chi connectivity index (χ1n) is 6.83. The molecule has 1 rings (SSSR count). The van der Waals surface area contributed by atoms with E-state index >= 15 is 0 Å². The van der Waals surface area contributed by atoms with Gasteiger partial charge in [0.15, 0.2) is 0 Å². The minimum atomic E-state index is -0.349. The molecule has 124 valence electrons. The highest BCUT2D eigenvalue weighted by Crippen LogP contribution is 2.23. The summed E-state index contributed by atoms with van der Waals surface area (Å²) in [5, 5.41) is 0. The molecular weight excluding hydrogens is 467 g/mol. The van der Waals surface area contributed by atoms with Gasteiger partial charge >= 0.3 is 5.97 Å². The van der Waals surface area contributed by atoms with Gasteiger partial charge in [-0.2, -0.15) is 0 Å². The van der Waals surface area contributed by atoms with E-state index in [0.717, 1.165) is 13.6 Å². The quantitative estimate of drug-likeness (QED) is 0.289. The second-order valence-corrected chi connectivity index (χ2v) is 6.43. The SMILES string of the molecule is COCCOCCOCCOC(=O)c1cc(Br)c(C)c(I)c1. The molecule has 0 aliphatic rings. The van der Waals surface area contributed by atoms with Crippen molar-refractivity contribution in [2.24, 2.45) is 0 Å². The zero-order valence-corrected chi connectivity index (χ0v) is 16.4. The summed E-state index contributed by atoms with van der Waals surface area (Å²) in [7, 11) is 1.63. The van der Waals surface area contributed by atoms with Crippen molar-refractivity contribution >= 4 is 44.5 Å². The van der Waals surface area contributed by atoms with Gasteiger partial charge in [0, 0.05) is 15.2 Å². The number of rotatable bonds is 10. The number of carbonyl (C=O) groups is 1. The van der Waals surface area contributed by atoms with Gasteiger partial charge in [-0.3, -0.25) is 0 Å². The molecule has 0 saturated heterocycles. The largest absolute Gasteiger partial charge is 0.460 e. The highest BCUT2D eigenvalue weighted by molar-refractivity contribution is 14.1. The third kappa shape index (κ3) is 7.36. The van der Waals surface area contributed by atoms with E-state index in [2.05, 4.69) is 38.5 Å². The van der Waals surface area contributed by atoms with Gasteiger partial charge in [-0.15, -0.1) is 0 Å². The number of halogens is 2. The normalized spacial score (nSPS) is 10.7. The van der Waals surface area contributed by atoms with Gasteiger partial charge in [0.25, 0.3) is 0 Å². The van der Waals surface area contributed by atoms with Crippen LogP contribution in [0.3, 0.4) is 0 Å². The predicted octanol–water partition coefficient (Wildman–Crippen LogP) is 3.20. The van der Waals surface area contributed by atoms with E-state index in [1.165, 1.54) is 0 Å². The fourth-order valence-corrected chi connectivity index (χ4v) is 2.96. The number of hydrogen-bond acceptors (Lipinski definition) is 5. The summed E-state index contributed by atoms with van der Waals surface area (Å²) >= 11 is 5.63. The van der Waals surface area contributed by atoms with Crippen LogP contribution >= 0.6 is 38.5 Å². The molecule has 1 aromatic carbocycles. The molecule has 0 unspecified atom stereocenters. The van der Waals surface area contributed by atoms with Crippen molar-refractivity contribution in [3.8, 4) is 0 Å². The van der Waals surface area contributed by atoms with Crippen LogP contribution in [-0.2, 0) is 18.9 Å². The lowest BCUT2D eigenvalue weighted by Crippen LogP contribution is -2.14. The monoisotopic (exact) mass is 486 g/mol. The lowest BCUT2D eigenvalue weighted by Gasteiger charge is -2.08. The molecule has 0 aromatic heterocycles. The van der Waals surface area contributed by atoms with Gasteiger partial charge in [0.2, 0.25) is 0 Å². The van der Waals surface area contributed by atoms with Gasteiger partial charge in [0.1, 0.15) is 6.61 Å². The second kappa shape index (κ2) is 11.3. The fraction of sp³-hybridized carbons (Fsp3) is 0.533. The van der Waals surface area contributed by atoms with Crippen LogP contribution in [0.5, 0.6) is 0 Å². The van der Waals surface area contributed by atoms with Gasteiger partial charge in [-0.05, 0) is 47.2 Å². The van der Waals surface area contributed by atoms with Gasteiger partial charge in [0.05, 0.1) is 38.6 Å². The predicted molar refractivity (Wildman–Crippen MR) is 95.4 cm³/mol. The number of ether oxygens (including phenoxy) is 4. The maximum atomic E-state index is 11.9. The maximum Gasteiger partial charge on any atom is 0.338 e.